The molecular formula is C19H20Cl2N2O4S. The molecule has 1 saturated heterocycles. The smallest absolute Gasteiger partial charge is 0.262 e. The summed E-state index contributed by atoms with van der Waals surface area (Å²) in [6.07, 6.45) is 2.76. The summed E-state index contributed by atoms with van der Waals surface area (Å²) in [5.41, 5.74) is 0.383. The van der Waals surface area contributed by atoms with Crippen LogP contribution in [0.2, 0.25) is 10.0 Å². The zero-order valence-corrected chi connectivity index (χ0v) is 17.4. The van der Waals surface area contributed by atoms with Crippen molar-refractivity contribution < 1.29 is 17.9 Å². The number of benzene rings is 2. The summed E-state index contributed by atoms with van der Waals surface area (Å²) in [6.45, 7) is 0.772. The Morgan fingerprint density at radius 3 is 2.54 bits per heavy atom. The van der Waals surface area contributed by atoms with E-state index in [1.807, 2.05) is 0 Å². The highest BCUT2D eigenvalue weighted by Crippen LogP contribution is 2.27. The third-order valence-electron chi connectivity index (χ3n) is 4.32. The van der Waals surface area contributed by atoms with Gasteiger partial charge in [-0.1, -0.05) is 35.7 Å². The summed E-state index contributed by atoms with van der Waals surface area (Å²) in [4.78, 5) is 12.3. The highest BCUT2D eigenvalue weighted by atomic mass is 35.5. The molecule has 6 nitrogen and oxygen atoms in total. The molecule has 9 heteroatoms. The molecule has 150 valence electrons. The van der Waals surface area contributed by atoms with E-state index in [1.165, 1.54) is 22.5 Å². The van der Waals surface area contributed by atoms with Gasteiger partial charge in [0.1, 0.15) is 5.75 Å². The summed E-state index contributed by atoms with van der Waals surface area (Å²) in [7, 11) is -3.56. The number of piperidine rings is 1. The summed E-state index contributed by atoms with van der Waals surface area (Å²) in [6, 6.07) is 10.9. The van der Waals surface area contributed by atoms with Gasteiger partial charge in [-0.25, -0.2) is 8.42 Å². The quantitative estimate of drug-likeness (QED) is 0.727. The number of anilines is 1. The van der Waals surface area contributed by atoms with E-state index in [2.05, 4.69) is 5.32 Å². The molecule has 0 aliphatic carbocycles. The fraction of sp³-hybridized carbons (Fsp3) is 0.316. The zero-order chi connectivity index (χ0) is 20.1. The minimum absolute atomic E-state index is 0.161. The van der Waals surface area contributed by atoms with Gasteiger partial charge < -0.3 is 10.1 Å². The molecule has 0 unspecified atom stereocenters. The topological polar surface area (TPSA) is 75.7 Å². The third-order valence-corrected chi connectivity index (χ3v) is 6.75. The van der Waals surface area contributed by atoms with Gasteiger partial charge in [0.05, 0.1) is 9.92 Å². The second-order valence-corrected chi connectivity index (χ2v) is 9.19. The lowest BCUT2D eigenvalue weighted by Crippen LogP contribution is -2.35. The molecular weight excluding hydrogens is 423 g/mol. The van der Waals surface area contributed by atoms with Crippen LogP contribution in [0.25, 0.3) is 0 Å². The van der Waals surface area contributed by atoms with Crippen LogP contribution in [0, 0.1) is 0 Å². The van der Waals surface area contributed by atoms with E-state index >= 15 is 0 Å². The van der Waals surface area contributed by atoms with Crippen LogP contribution >= 0.6 is 23.2 Å². The molecule has 0 saturated carbocycles. The number of sulfonamides is 1. The first-order chi connectivity index (χ1) is 13.4. The van der Waals surface area contributed by atoms with Crippen LogP contribution in [0.4, 0.5) is 5.69 Å². The number of carbonyl (C=O) groups is 1. The van der Waals surface area contributed by atoms with E-state index in [1.54, 1.807) is 24.3 Å². The zero-order valence-electron chi connectivity index (χ0n) is 15.0. The molecule has 0 spiro atoms. The first kappa shape index (κ1) is 20.9. The lowest BCUT2D eigenvalue weighted by Gasteiger charge is -2.26. The number of amides is 1. The van der Waals surface area contributed by atoms with Crippen LogP contribution in [0.15, 0.2) is 47.4 Å². The molecule has 1 amide bonds. The predicted molar refractivity (Wildman–Crippen MR) is 110 cm³/mol. The lowest BCUT2D eigenvalue weighted by atomic mass is 10.2. The molecule has 1 heterocycles. The van der Waals surface area contributed by atoms with Gasteiger partial charge in [-0.05, 0) is 49.2 Å². The van der Waals surface area contributed by atoms with Gasteiger partial charge in [0.15, 0.2) is 6.61 Å². The number of halogens is 2. The van der Waals surface area contributed by atoms with Crippen molar-refractivity contribution >= 4 is 44.8 Å². The first-order valence-electron chi connectivity index (χ1n) is 8.84. The average Bonchev–Trinajstić information content (AvgIpc) is 2.68. The van der Waals surface area contributed by atoms with Gasteiger partial charge >= 0.3 is 0 Å². The molecule has 1 aliphatic heterocycles. The second-order valence-electron chi connectivity index (χ2n) is 6.40. The maximum absolute atomic E-state index is 12.8. The summed E-state index contributed by atoms with van der Waals surface area (Å²) in [5.74, 6) is -0.0961. The maximum Gasteiger partial charge on any atom is 0.262 e. The van der Waals surface area contributed by atoms with Gasteiger partial charge in [-0.3, -0.25) is 4.79 Å². The molecule has 2 aromatic rings. The van der Waals surface area contributed by atoms with E-state index in [4.69, 9.17) is 27.9 Å². The van der Waals surface area contributed by atoms with Crippen molar-refractivity contribution in [2.24, 2.45) is 0 Å². The number of nitrogens with zero attached hydrogens (tertiary/aromatic N) is 1. The van der Waals surface area contributed by atoms with Crippen molar-refractivity contribution in [3.8, 4) is 5.75 Å². The summed E-state index contributed by atoms with van der Waals surface area (Å²) < 4.78 is 32.4. The van der Waals surface area contributed by atoms with E-state index in [9.17, 15) is 13.2 Å². The van der Waals surface area contributed by atoms with Crippen molar-refractivity contribution in [2.45, 2.75) is 24.2 Å². The van der Waals surface area contributed by atoms with Crippen molar-refractivity contribution in [1.29, 1.82) is 0 Å². The normalized spacial score (nSPS) is 15.2. The Hall–Kier alpha value is -1.80. The molecule has 0 bridgehead atoms. The van der Waals surface area contributed by atoms with E-state index in [0.717, 1.165) is 19.3 Å². The van der Waals surface area contributed by atoms with Crippen LogP contribution in [-0.4, -0.2) is 38.3 Å². The third kappa shape index (κ3) is 5.17. The van der Waals surface area contributed by atoms with Crippen LogP contribution in [0.5, 0.6) is 5.75 Å². The Labute approximate surface area is 174 Å². The molecule has 28 heavy (non-hydrogen) atoms. The van der Waals surface area contributed by atoms with Crippen LogP contribution < -0.4 is 10.1 Å². The van der Waals surface area contributed by atoms with E-state index in [-0.39, 0.29) is 11.5 Å². The van der Waals surface area contributed by atoms with Crippen molar-refractivity contribution in [3.63, 3.8) is 0 Å². The Bertz CT molecular complexity index is 960. The summed E-state index contributed by atoms with van der Waals surface area (Å²) in [5, 5.41) is 3.41. The molecule has 0 atom stereocenters. The Balaban J connectivity index is 1.64. The number of carbonyl (C=O) groups excluding carboxylic acids is 1. The van der Waals surface area contributed by atoms with Gasteiger partial charge in [-0.15, -0.1) is 0 Å². The van der Waals surface area contributed by atoms with Crippen molar-refractivity contribution in [2.75, 3.05) is 25.0 Å². The number of hydrogen-bond acceptors (Lipinski definition) is 4. The van der Waals surface area contributed by atoms with Crippen LogP contribution in [0.3, 0.4) is 0 Å². The largest absolute Gasteiger partial charge is 0.482 e. The Morgan fingerprint density at radius 2 is 1.82 bits per heavy atom. The molecule has 1 aliphatic rings. The van der Waals surface area contributed by atoms with Gasteiger partial charge in [0, 0.05) is 23.8 Å². The first-order valence-corrected chi connectivity index (χ1v) is 11.0. The van der Waals surface area contributed by atoms with Crippen LogP contribution in [-0.2, 0) is 14.8 Å². The molecule has 3 rings (SSSR count). The fourth-order valence-corrected chi connectivity index (χ4v) is 4.95. The van der Waals surface area contributed by atoms with Gasteiger partial charge in [0.2, 0.25) is 10.0 Å². The second kappa shape index (κ2) is 9.13. The van der Waals surface area contributed by atoms with Gasteiger partial charge in [0.25, 0.3) is 5.91 Å². The predicted octanol–water partition coefficient (Wildman–Crippen LogP) is 4.19. The number of hydrogen-bond donors (Lipinski definition) is 1. The molecule has 1 fully saturated rings. The number of ether oxygens (including phenoxy) is 1. The Kier molecular flexibility index (Phi) is 6.82. The molecule has 1 N–H and O–H groups in total. The van der Waals surface area contributed by atoms with Gasteiger partial charge in [-0.2, -0.15) is 4.31 Å². The number of nitrogens with one attached hydrogen (secondary N) is 1. The maximum atomic E-state index is 12.8. The molecule has 0 radical (unpaired) electrons. The minimum Gasteiger partial charge on any atom is -0.482 e. The SMILES string of the molecule is O=C(COc1ccc(Cl)cc1Cl)Nc1cccc(S(=O)(=O)N2CCCCC2)c1. The van der Waals surface area contributed by atoms with Crippen LogP contribution in [0.1, 0.15) is 19.3 Å². The highest BCUT2D eigenvalue weighted by molar-refractivity contribution is 7.89. The minimum atomic E-state index is -3.56. The lowest BCUT2D eigenvalue weighted by molar-refractivity contribution is -0.118. The fourth-order valence-electron chi connectivity index (χ4n) is 2.92. The van der Waals surface area contributed by atoms with E-state index in [0.29, 0.717) is 34.6 Å². The van der Waals surface area contributed by atoms with Crippen molar-refractivity contribution in [1.82, 2.24) is 4.31 Å². The summed E-state index contributed by atoms with van der Waals surface area (Å²) >= 11 is 11.8. The highest BCUT2D eigenvalue weighted by Gasteiger charge is 2.26. The molecule has 2 aromatic carbocycles. The molecule has 0 aromatic heterocycles. The monoisotopic (exact) mass is 442 g/mol. The van der Waals surface area contributed by atoms with Crippen molar-refractivity contribution in [3.05, 3.63) is 52.5 Å². The average molecular weight is 443 g/mol. The Morgan fingerprint density at radius 1 is 1.07 bits per heavy atom. The standard InChI is InChI=1S/C19H20Cl2N2O4S/c20-14-7-8-18(17(21)11-14)27-13-19(24)22-15-5-4-6-16(12-15)28(25,26)23-9-2-1-3-10-23/h4-8,11-12H,1-3,9-10,13H2,(H,22,24). The van der Waals surface area contributed by atoms with E-state index < -0.39 is 15.9 Å². The number of rotatable bonds is 6.